The summed E-state index contributed by atoms with van der Waals surface area (Å²) in [4.78, 5) is 0. The molecular formula is C20H27F6NO2. The maximum atomic E-state index is 13.3. The lowest BCUT2D eigenvalue weighted by atomic mass is 9.75. The number of halogens is 6. The third-order valence-electron chi connectivity index (χ3n) is 5.12. The molecule has 1 saturated carbocycles. The highest BCUT2D eigenvalue weighted by Gasteiger charge is 2.54. The van der Waals surface area contributed by atoms with Crippen LogP contribution in [0.15, 0.2) is 24.3 Å². The third kappa shape index (κ3) is 6.33. The molecule has 0 radical (unpaired) electrons. The lowest BCUT2D eigenvalue weighted by molar-refractivity contribution is -0.274. The van der Waals surface area contributed by atoms with Crippen molar-refractivity contribution >= 4 is 0 Å². The molecule has 166 valence electrons. The van der Waals surface area contributed by atoms with Crippen molar-refractivity contribution < 1.29 is 36.2 Å². The van der Waals surface area contributed by atoms with Crippen LogP contribution in [0, 0.1) is 0 Å². The number of ether oxygens (including phenoxy) is 1. The Labute approximate surface area is 166 Å². The van der Waals surface area contributed by atoms with Crippen LogP contribution in [0.2, 0.25) is 0 Å². The summed E-state index contributed by atoms with van der Waals surface area (Å²) in [7, 11) is 0. The summed E-state index contributed by atoms with van der Waals surface area (Å²) in [6.45, 7) is 4.23. The minimum atomic E-state index is -4.94. The lowest BCUT2D eigenvalue weighted by Crippen LogP contribution is -2.65. The molecule has 0 saturated heterocycles. The van der Waals surface area contributed by atoms with E-state index in [1.165, 1.54) is 12.1 Å². The predicted molar refractivity (Wildman–Crippen MR) is 96.2 cm³/mol. The van der Waals surface area contributed by atoms with Crippen LogP contribution < -0.4 is 5.32 Å². The smallest absolute Gasteiger partial charge is 0.375 e. The first-order valence-electron chi connectivity index (χ1n) is 9.54. The Morgan fingerprint density at radius 1 is 1.21 bits per heavy atom. The van der Waals surface area contributed by atoms with Gasteiger partial charge in [0, 0.05) is 5.54 Å². The van der Waals surface area contributed by atoms with Crippen molar-refractivity contribution in [3.05, 3.63) is 35.4 Å². The van der Waals surface area contributed by atoms with Crippen LogP contribution in [0.3, 0.4) is 0 Å². The van der Waals surface area contributed by atoms with Crippen molar-refractivity contribution in [1.82, 2.24) is 5.32 Å². The zero-order chi connectivity index (χ0) is 22.1. The molecule has 0 spiro atoms. The highest BCUT2D eigenvalue weighted by molar-refractivity contribution is 5.27. The average Bonchev–Trinajstić information content (AvgIpc) is 2.52. The summed E-state index contributed by atoms with van der Waals surface area (Å²) >= 11 is 0. The van der Waals surface area contributed by atoms with Crippen molar-refractivity contribution in [2.24, 2.45) is 0 Å². The van der Waals surface area contributed by atoms with Crippen molar-refractivity contribution in [3.63, 3.8) is 0 Å². The summed E-state index contributed by atoms with van der Waals surface area (Å²) in [5.41, 5.74) is -5.07. The van der Waals surface area contributed by atoms with Gasteiger partial charge in [0.2, 0.25) is 5.72 Å². The molecule has 2 N–H and O–H groups in total. The van der Waals surface area contributed by atoms with Crippen LogP contribution in [-0.4, -0.2) is 34.8 Å². The second-order valence-electron chi connectivity index (χ2n) is 8.25. The van der Waals surface area contributed by atoms with Gasteiger partial charge in [-0.15, -0.1) is 0 Å². The Bertz CT molecular complexity index is 686. The molecular weight excluding hydrogens is 400 g/mol. The minimum absolute atomic E-state index is 0.0961. The van der Waals surface area contributed by atoms with Gasteiger partial charge in [-0.25, -0.2) is 0 Å². The lowest BCUT2D eigenvalue weighted by Gasteiger charge is -2.46. The van der Waals surface area contributed by atoms with E-state index in [1.807, 2.05) is 13.8 Å². The number of benzene rings is 1. The highest BCUT2D eigenvalue weighted by atomic mass is 19.4. The molecule has 9 heteroatoms. The molecule has 1 aromatic rings. The van der Waals surface area contributed by atoms with E-state index in [4.69, 9.17) is 4.74 Å². The molecule has 0 aromatic heterocycles. The van der Waals surface area contributed by atoms with Crippen molar-refractivity contribution in [1.29, 1.82) is 0 Å². The van der Waals surface area contributed by atoms with Crippen LogP contribution in [0.4, 0.5) is 26.3 Å². The fourth-order valence-electron chi connectivity index (χ4n) is 3.96. The van der Waals surface area contributed by atoms with Crippen molar-refractivity contribution in [3.8, 4) is 0 Å². The molecule has 3 nitrogen and oxygen atoms in total. The highest BCUT2D eigenvalue weighted by Crippen LogP contribution is 2.39. The zero-order valence-corrected chi connectivity index (χ0v) is 16.6. The fraction of sp³-hybridized carbons (Fsp3) is 0.700. The normalized spacial score (nSPS) is 25.8. The fourth-order valence-corrected chi connectivity index (χ4v) is 3.96. The van der Waals surface area contributed by atoms with Crippen LogP contribution in [0.25, 0.3) is 0 Å². The number of aliphatic hydroxyl groups is 1. The van der Waals surface area contributed by atoms with Crippen LogP contribution in [-0.2, 0) is 17.3 Å². The SMILES string of the molecule is CC(C)OC1CCCC(Cc2cccc(C(F)(F)F)c2)(NC(C)(O)C(F)(F)F)C1. The van der Waals surface area contributed by atoms with Crippen molar-refractivity contribution in [2.45, 2.75) is 88.7 Å². The van der Waals surface area contributed by atoms with E-state index in [-0.39, 0.29) is 37.0 Å². The number of hydrogen-bond acceptors (Lipinski definition) is 3. The Morgan fingerprint density at radius 3 is 2.41 bits per heavy atom. The standard InChI is InChI=1S/C20H27F6NO2/c1-13(2)29-16-8-5-9-18(12-16,27-17(3,28)20(24,25)26)11-14-6-4-7-15(10-14)19(21,22)23/h4,6-7,10,13,16,27-28H,5,8-9,11-12H2,1-3H3. The molecule has 0 bridgehead atoms. The van der Waals surface area contributed by atoms with E-state index < -0.39 is 29.2 Å². The first-order valence-corrected chi connectivity index (χ1v) is 9.54. The average molecular weight is 427 g/mol. The summed E-state index contributed by atoms with van der Waals surface area (Å²) in [5.74, 6) is 0. The van der Waals surface area contributed by atoms with E-state index in [2.05, 4.69) is 5.32 Å². The summed E-state index contributed by atoms with van der Waals surface area (Å²) in [6.07, 6.45) is -8.51. The Balaban J connectivity index is 2.37. The molecule has 29 heavy (non-hydrogen) atoms. The second-order valence-corrected chi connectivity index (χ2v) is 8.25. The predicted octanol–water partition coefficient (Wildman–Crippen LogP) is 5.21. The molecule has 1 fully saturated rings. The van der Waals surface area contributed by atoms with Gasteiger partial charge in [0.25, 0.3) is 0 Å². The zero-order valence-electron chi connectivity index (χ0n) is 16.6. The van der Waals surface area contributed by atoms with Crippen molar-refractivity contribution in [2.75, 3.05) is 0 Å². The Morgan fingerprint density at radius 2 is 1.86 bits per heavy atom. The largest absolute Gasteiger partial charge is 0.430 e. The topological polar surface area (TPSA) is 41.5 Å². The van der Waals surface area contributed by atoms with Gasteiger partial charge in [-0.3, -0.25) is 5.32 Å². The van der Waals surface area contributed by atoms with E-state index >= 15 is 0 Å². The van der Waals surface area contributed by atoms with Gasteiger partial charge in [0.15, 0.2) is 0 Å². The van der Waals surface area contributed by atoms with Crippen LogP contribution in [0.5, 0.6) is 0 Å². The maximum absolute atomic E-state index is 13.3. The minimum Gasteiger partial charge on any atom is -0.375 e. The van der Waals surface area contributed by atoms with Crippen LogP contribution in [0.1, 0.15) is 57.6 Å². The van der Waals surface area contributed by atoms with Gasteiger partial charge in [0.05, 0.1) is 17.8 Å². The van der Waals surface area contributed by atoms with Gasteiger partial charge in [-0.1, -0.05) is 18.2 Å². The maximum Gasteiger partial charge on any atom is 0.430 e. The molecule has 0 aliphatic heterocycles. The number of nitrogens with one attached hydrogen (secondary N) is 1. The van der Waals surface area contributed by atoms with Gasteiger partial charge < -0.3 is 9.84 Å². The quantitative estimate of drug-likeness (QED) is 0.484. The van der Waals surface area contributed by atoms with Crippen LogP contribution >= 0.6 is 0 Å². The van der Waals surface area contributed by atoms with Gasteiger partial charge in [-0.2, -0.15) is 26.3 Å². The summed E-state index contributed by atoms with van der Waals surface area (Å²) < 4.78 is 84.9. The van der Waals surface area contributed by atoms with E-state index in [0.717, 1.165) is 12.1 Å². The van der Waals surface area contributed by atoms with Gasteiger partial charge >= 0.3 is 12.4 Å². The molecule has 2 rings (SSSR count). The second kappa shape index (κ2) is 8.43. The molecule has 3 unspecified atom stereocenters. The molecule has 0 amide bonds. The summed E-state index contributed by atoms with van der Waals surface area (Å²) in [6, 6.07) is 4.55. The monoisotopic (exact) mass is 427 g/mol. The van der Waals surface area contributed by atoms with Gasteiger partial charge in [0.1, 0.15) is 0 Å². The molecule has 1 aliphatic rings. The number of rotatable bonds is 6. The number of hydrogen-bond donors (Lipinski definition) is 2. The van der Waals surface area contributed by atoms with E-state index in [0.29, 0.717) is 19.8 Å². The van der Waals surface area contributed by atoms with Gasteiger partial charge in [-0.05, 0) is 64.5 Å². The molecule has 0 heterocycles. The van der Waals surface area contributed by atoms with E-state index in [1.54, 1.807) is 0 Å². The molecule has 3 atom stereocenters. The third-order valence-corrected chi connectivity index (χ3v) is 5.12. The molecule has 1 aromatic carbocycles. The molecule has 1 aliphatic carbocycles. The first kappa shape index (κ1) is 24.0. The van der Waals surface area contributed by atoms with E-state index in [9.17, 15) is 31.4 Å². The number of alkyl halides is 6. The first-order chi connectivity index (χ1) is 13.1. The summed E-state index contributed by atoms with van der Waals surface area (Å²) in [5, 5.41) is 12.4. The Kier molecular flexibility index (Phi) is 6.96. The Hall–Kier alpha value is -1.32.